The lowest BCUT2D eigenvalue weighted by Gasteiger charge is -2.07. The number of esters is 1. The van der Waals surface area contributed by atoms with Gasteiger partial charge in [0.15, 0.2) is 0 Å². The minimum Gasteiger partial charge on any atom is -0.462 e. The molecule has 0 unspecified atom stereocenters. The van der Waals surface area contributed by atoms with E-state index in [0.717, 1.165) is 11.8 Å². The molecule has 0 fully saturated rings. The van der Waals surface area contributed by atoms with E-state index in [1.165, 1.54) is 0 Å². The number of ether oxygens (including phenoxy) is 1. The predicted molar refractivity (Wildman–Crippen MR) is 61.2 cm³/mol. The van der Waals surface area contributed by atoms with Crippen LogP contribution in [0.2, 0.25) is 0 Å². The summed E-state index contributed by atoms with van der Waals surface area (Å²) < 4.78 is 4.88. The SMILES string of the molecule is CCOC(=O)c1ccc(N)c(CCC=O)c1. The van der Waals surface area contributed by atoms with Gasteiger partial charge in [-0.2, -0.15) is 0 Å². The van der Waals surface area contributed by atoms with Crippen LogP contribution in [0, 0.1) is 0 Å². The molecule has 0 saturated heterocycles. The summed E-state index contributed by atoms with van der Waals surface area (Å²) in [6.45, 7) is 2.09. The van der Waals surface area contributed by atoms with E-state index in [4.69, 9.17) is 10.5 Å². The van der Waals surface area contributed by atoms with Gasteiger partial charge in [-0.15, -0.1) is 0 Å². The normalized spacial score (nSPS) is 9.81. The lowest BCUT2D eigenvalue weighted by molar-refractivity contribution is -0.107. The van der Waals surface area contributed by atoms with E-state index >= 15 is 0 Å². The maximum Gasteiger partial charge on any atom is 0.338 e. The molecule has 0 heterocycles. The number of carbonyl (C=O) groups excluding carboxylic acids is 2. The summed E-state index contributed by atoms with van der Waals surface area (Å²) in [5.41, 5.74) is 7.60. The molecule has 1 aromatic carbocycles. The molecule has 0 amide bonds. The van der Waals surface area contributed by atoms with Crippen molar-refractivity contribution in [2.75, 3.05) is 12.3 Å². The van der Waals surface area contributed by atoms with Crippen LogP contribution in [0.4, 0.5) is 5.69 Å². The largest absolute Gasteiger partial charge is 0.462 e. The molecular formula is C12H15NO3. The summed E-state index contributed by atoms with van der Waals surface area (Å²) in [5.74, 6) is -0.366. The molecule has 0 spiro atoms. The molecule has 0 atom stereocenters. The number of hydrogen-bond donors (Lipinski definition) is 1. The first-order valence-corrected chi connectivity index (χ1v) is 5.18. The van der Waals surface area contributed by atoms with E-state index in [9.17, 15) is 9.59 Å². The number of hydrogen-bond acceptors (Lipinski definition) is 4. The van der Waals surface area contributed by atoms with Gasteiger partial charge in [0.25, 0.3) is 0 Å². The van der Waals surface area contributed by atoms with Crippen LogP contribution in [0.25, 0.3) is 0 Å². The summed E-state index contributed by atoms with van der Waals surface area (Å²) in [7, 11) is 0. The van der Waals surface area contributed by atoms with Gasteiger partial charge in [0.2, 0.25) is 0 Å². The fourth-order valence-electron chi connectivity index (χ4n) is 1.38. The Bertz CT molecular complexity index is 388. The van der Waals surface area contributed by atoms with Gasteiger partial charge >= 0.3 is 5.97 Å². The Kier molecular flexibility index (Phi) is 4.51. The third-order valence-electron chi connectivity index (χ3n) is 2.19. The van der Waals surface area contributed by atoms with Crippen molar-refractivity contribution in [1.82, 2.24) is 0 Å². The quantitative estimate of drug-likeness (QED) is 0.465. The third-order valence-corrected chi connectivity index (χ3v) is 2.19. The topological polar surface area (TPSA) is 69.4 Å². The molecule has 0 radical (unpaired) electrons. The van der Waals surface area contributed by atoms with E-state index in [1.807, 2.05) is 0 Å². The number of anilines is 1. The Labute approximate surface area is 94.4 Å². The van der Waals surface area contributed by atoms with Crippen molar-refractivity contribution in [3.8, 4) is 0 Å². The molecule has 0 bridgehead atoms. The van der Waals surface area contributed by atoms with Gasteiger partial charge in [-0.1, -0.05) is 0 Å². The molecule has 0 aromatic heterocycles. The number of aryl methyl sites for hydroxylation is 1. The molecule has 0 saturated carbocycles. The fourth-order valence-corrected chi connectivity index (χ4v) is 1.38. The third kappa shape index (κ3) is 3.08. The zero-order valence-corrected chi connectivity index (χ0v) is 9.23. The first-order chi connectivity index (χ1) is 7.69. The highest BCUT2D eigenvalue weighted by molar-refractivity contribution is 5.90. The van der Waals surface area contributed by atoms with Gasteiger partial charge in [0.1, 0.15) is 6.29 Å². The number of aldehydes is 1. The van der Waals surface area contributed by atoms with Crippen molar-refractivity contribution in [3.63, 3.8) is 0 Å². The van der Waals surface area contributed by atoms with Crippen LogP contribution >= 0.6 is 0 Å². The second-order valence-corrected chi connectivity index (χ2v) is 3.34. The minimum atomic E-state index is -0.366. The molecule has 4 heteroatoms. The minimum absolute atomic E-state index is 0.340. The van der Waals surface area contributed by atoms with E-state index in [2.05, 4.69) is 0 Å². The standard InChI is InChI=1S/C12H15NO3/c1-2-16-12(15)10-5-6-11(13)9(8-10)4-3-7-14/h5-8H,2-4,13H2,1H3. The Balaban J connectivity index is 2.88. The van der Waals surface area contributed by atoms with Gasteiger partial charge in [-0.25, -0.2) is 4.79 Å². The fraction of sp³-hybridized carbons (Fsp3) is 0.333. The van der Waals surface area contributed by atoms with Crippen molar-refractivity contribution in [3.05, 3.63) is 29.3 Å². The number of nitrogens with two attached hydrogens (primary N) is 1. The van der Waals surface area contributed by atoms with Gasteiger partial charge in [-0.05, 0) is 37.1 Å². The summed E-state index contributed by atoms with van der Waals surface area (Å²) in [6.07, 6.45) is 1.77. The number of rotatable bonds is 5. The number of benzene rings is 1. The smallest absolute Gasteiger partial charge is 0.338 e. The van der Waals surface area contributed by atoms with E-state index in [1.54, 1.807) is 25.1 Å². The van der Waals surface area contributed by atoms with Crippen molar-refractivity contribution >= 4 is 17.9 Å². The van der Waals surface area contributed by atoms with Crippen molar-refractivity contribution in [2.45, 2.75) is 19.8 Å². The summed E-state index contributed by atoms with van der Waals surface area (Å²) in [4.78, 5) is 21.7. The molecule has 4 nitrogen and oxygen atoms in total. The van der Waals surface area contributed by atoms with Crippen LogP contribution in [0.3, 0.4) is 0 Å². The average Bonchev–Trinajstić information content (AvgIpc) is 2.28. The maximum absolute atomic E-state index is 11.4. The van der Waals surface area contributed by atoms with Crippen LogP contribution in [-0.2, 0) is 16.0 Å². The second kappa shape index (κ2) is 5.90. The first kappa shape index (κ1) is 12.2. The van der Waals surface area contributed by atoms with E-state index in [0.29, 0.717) is 30.7 Å². The molecule has 0 aliphatic rings. The first-order valence-electron chi connectivity index (χ1n) is 5.18. The van der Waals surface area contributed by atoms with Crippen molar-refractivity contribution in [2.24, 2.45) is 0 Å². The highest BCUT2D eigenvalue weighted by atomic mass is 16.5. The average molecular weight is 221 g/mol. The predicted octanol–water partition coefficient (Wildman–Crippen LogP) is 1.58. The van der Waals surface area contributed by atoms with E-state index in [-0.39, 0.29) is 5.97 Å². The lowest BCUT2D eigenvalue weighted by Crippen LogP contribution is -2.06. The molecule has 16 heavy (non-hydrogen) atoms. The van der Waals surface area contributed by atoms with E-state index < -0.39 is 0 Å². The van der Waals surface area contributed by atoms with Crippen LogP contribution < -0.4 is 5.73 Å². The Morgan fingerprint density at radius 2 is 2.25 bits per heavy atom. The highest BCUT2D eigenvalue weighted by Gasteiger charge is 2.08. The molecule has 2 N–H and O–H groups in total. The van der Waals surface area contributed by atoms with Crippen molar-refractivity contribution < 1.29 is 14.3 Å². The number of carbonyl (C=O) groups is 2. The Hall–Kier alpha value is -1.84. The summed E-state index contributed by atoms with van der Waals surface area (Å²) >= 11 is 0. The second-order valence-electron chi connectivity index (χ2n) is 3.34. The molecule has 86 valence electrons. The number of nitrogen functional groups attached to an aromatic ring is 1. The monoisotopic (exact) mass is 221 g/mol. The highest BCUT2D eigenvalue weighted by Crippen LogP contribution is 2.16. The molecule has 0 aliphatic heterocycles. The van der Waals surface area contributed by atoms with Crippen molar-refractivity contribution in [1.29, 1.82) is 0 Å². The molecule has 0 aliphatic carbocycles. The van der Waals surface area contributed by atoms with Gasteiger partial charge in [-0.3, -0.25) is 0 Å². The van der Waals surface area contributed by atoms with Gasteiger partial charge in [0.05, 0.1) is 12.2 Å². The summed E-state index contributed by atoms with van der Waals surface area (Å²) in [5, 5.41) is 0. The van der Waals surface area contributed by atoms with Gasteiger partial charge in [0, 0.05) is 12.1 Å². The van der Waals surface area contributed by atoms with Gasteiger partial charge < -0.3 is 15.3 Å². The molecule has 1 rings (SSSR count). The van der Waals surface area contributed by atoms with Crippen LogP contribution in [0.5, 0.6) is 0 Å². The molecule has 1 aromatic rings. The Morgan fingerprint density at radius 1 is 1.50 bits per heavy atom. The summed E-state index contributed by atoms with van der Waals surface area (Å²) in [6, 6.07) is 4.96. The zero-order valence-electron chi connectivity index (χ0n) is 9.23. The maximum atomic E-state index is 11.4. The molecular weight excluding hydrogens is 206 g/mol. The zero-order chi connectivity index (χ0) is 12.0. The van der Waals surface area contributed by atoms with Crippen LogP contribution in [0.15, 0.2) is 18.2 Å². The van der Waals surface area contributed by atoms with Crippen LogP contribution in [-0.4, -0.2) is 18.9 Å². The lowest BCUT2D eigenvalue weighted by atomic mass is 10.0. The Morgan fingerprint density at radius 3 is 2.88 bits per heavy atom. The van der Waals surface area contributed by atoms with Crippen LogP contribution in [0.1, 0.15) is 29.3 Å².